The Kier molecular flexibility index (Phi) is 20.1. The van der Waals surface area contributed by atoms with Crippen molar-refractivity contribution in [2.24, 2.45) is 0 Å². The van der Waals surface area contributed by atoms with Crippen LogP contribution in [-0.2, 0) is 0 Å². The summed E-state index contributed by atoms with van der Waals surface area (Å²) in [6, 6.07) is 0. The number of hydrogen-bond donors (Lipinski definition) is 0. The van der Waals surface area contributed by atoms with E-state index < -0.39 is 0 Å². The molecule has 0 atom stereocenters. The van der Waals surface area contributed by atoms with E-state index >= 15 is 0 Å². The summed E-state index contributed by atoms with van der Waals surface area (Å²) in [5.74, 6) is 0. The van der Waals surface area contributed by atoms with E-state index in [1.54, 1.807) is 6.08 Å². The molecule has 0 rings (SSSR count). The largest absolute Gasteiger partial charge is 0.0991 e. The average molecular weight is 262 g/mol. The lowest BCUT2D eigenvalue weighted by Crippen LogP contribution is -1.89. The Bertz CT molecular complexity index is 325. The molecule has 0 radical (unpaired) electrons. The van der Waals surface area contributed by atoms with Crippen molar-refractivity contribution in [3.8, 4) is 0 Å². The van der Waals surface area contributed by atoms with Gasteiger partial charge in [-0.05, 0) is 45.8 Å². The molecule has 0 aromatic rings. The van der Waals surface area contributed by atoms with Crippen molar-refractivity contribution in [2.75, 3.05) is 0 Å². The van der Waals surface area contributed by atoms with Gasteiger partial charge in [0.05, 0.1) is 0 Å². The smallest absolute Gasteiger partial charge is 0.0198 e. The molecule has 0 unspecified atom stereocenters. The van der Waals surface area contributed by atoms with Gasteiger partial charge in [0, 0.05) is 0 Å². The monoisotopic (exact) mass is 262 g/mol. The third kappa shape index (κ3) is 11.5. The summed E-state index contributed by atoms with van der Waals surface area (Å²) in [5.41, 5.74) is 5.24. The molecule has 0 bridgehead atoms. The highest BCUT2D eigenvalue weighted by Crippen LogP contribution is 2.21. The van der Waals surface area contributed by atoms with Crippen LogP contribution < -0.4 is 0 Å². The van der Waals surface area contributed by atoms with E-state index in [2.05, 4.69) is 52.5 Å². The Hall–Kier alpha value is -1.30. The highest BCUT2D eigenvalue weighted by molar-refractivity contribution is 5.50. The molecule has 110 valence electrons. The van der Waals surface area contributed by atoms with Crippen LogP contribution in [0.15, 0.2) is 59.3 Å². The fourth-order valence-corrected chi connectivity index (χ4v) is 1.38. The molecule has 0 heteroatoms. The molecule has 0 aliphatic heterocycles. The highest BCUT2D eigenvalue weighted by atomic mass is 14.1. The Morgan fingerprint density at radius 2 is 1.11 bits per heavy atom. The van der Waals surface area contributed by atoms with Crippen LogP contribution in [0, 0.1) is 0 Å². The maximum Gasteiger partial charge on any atom is -0.0198 e. The molecule has 0 saturated heterocycles. The van der Waals surface area contributed by atoms with Crippen LogP contribution in [0.25, 0.3) is 0 Å². The van der Waals surface area contributed by atoms with Crippen molar-refractivity contribution in [3.05, 3.63) is 59.3 Å². The molecule has 19 heavy (non-hydrogen) atoms. The fraction of sp³-hybridized carbons (Fsp3) is 0.474. The molecule has 0 spiro atoms. The van der Waals surface area contributed by atoms with E-state index in [0.29, 0.717) is 0 Å². The SMILES string of the molecule is C=C/C=C\C(=C(C)C)C(/C=C\C)=C(C)C.CC.CC. The second-order valence-electron chi connectivity index (χ2n) is 3.92. The van der Waals surface area contributed by atoms with E-state index in [-0.39, 0.29) is 0 Å². The van der Waals surface area contributed by atoms with Crippen molar-refractivity contribution in [1.82, 2.24) is 0 Å². The van der Waals surface area contributed by atoms with Gasteiger partial charge in [0.2, 0.25) is 0 Å². The molecular weight excluding hydrogens is 228 g/mol. The quantitative estimate of drug-likeness (QED) is 0.477. The van der Waals surface area contributed by atoms with Gasteiger partial charge < -0.3 is 0 Å². The number of allylic oxidation sites excluding steroid dienone is 9. The van der Waals surface area contributed by atoms with Gasteiger partial charge in [-0.15, -0.1) is 0 Å². The first-order chi connectivity index (χ1) is 9.04. The fourth-order valence-electron chi connectivity index (χ4n) is 1.38. The number of hydrogen-bond acceptors (Lipinski definition) is 0. The lowest BCUT2D eigenvalue weighted by atomic mass is 9.96. The summed E-state index contributed by atoms with van der Waals surface area (Å²) in [4.78, 5) is 0. The van der Waals surface area contributed by atoms with Gasteiger partial charge in [0.15, 0.2) is 0 Å². The molecule has 0 aliphatic carbocycles. The zero-order valence-electron chi connectivity index (χ0n) is 14.6. The molecule has 0 N–H and O–H groups in total. The molecule has 0 aliphatic rings. The molecular formula is C19H34. The first-order valence-electron chi connectivity index (χ1n) is 7.31. The summed E-state index contributed by atoms with van der Waals surface area (Å²) in [6.45, 7) is 22.3. The number of rotatable bonds is 4. The lowest BCUT2D eigenvalue weighted by Gasteiger charge is -2.09. The van der Waals surface area contributed by atoms with E-state index in [1.165, 1.54) is 22.3 Å². The van der Waals surface area contributed by atoms with Gasteiger partial charge in [-0.1, -0.05) is 75.8 Å². The van der Waals surface area contributed by atoms with E-state index in [0.717, 1.165) is 0 Å². The van der Waals surface area contributed by atoms with E-state index in [4.69, 9.17) is 0 Å². The normalized spacial score (nSPS) is 9.11. The Morgan fingerprint density at radius 1 is 0.737 bits per heavy atom. The van der Waals surface area contributed by atoms with Crippen LogP contribution in [0.3, 0.4) is 0 Å². The predicted octanol–water partition coefficient (Wildman–Crippen LogP) is 7.03. The summed E-state index contributed by atoms with van der Waals surface area (Å²) < 4.78 is 0. The van der Waals surface area contributed by atoms with Gasteiger partial charge in [-0.2, -0.15) is 0 Å². The van der Waals surface area contributed by atoms with Crippen molar-refractivity contribution in [2.45, 2.75) is 62.3 Å². The average Bonchev–Trinajstić information content (AvgIpc) is 2.42. The minimum atomic E-state index is 1.29. The van der Waals surface area contributed by atoms with Crippen molar-refractivity contribution in [3.63, 3.8) is 0 Å². The Labute approximate surface area is 122 Å². The highest BCUT2D eigenvalue weighted by Gasteiger charge is 2.01. The molecule has 0 aromatic heterocycles. The van der Waals surface area contributed by atoms with Crippen LogP contribution >= 0.6 is 0 Å². The molecule has 0 saturated carbocycles. The van der Waals surface area contributed by atoms with Crippen LogP contribution in [0.5, 0.6) is 0 Å². The van der Waals surface area contributed by atoms with Crippen molar-refractivity contribution >= 4 is 0 Å². The molecule has 0 amide bonds. The van der Waals surface area contributed by atoms with Gasteiger partial charge >= 0.3 is 0 Å². The minimum absolute atomic E-state index is 1.29. The summed E-state index contributed by atoms with van der Waals surface area (Å²) in [6.07, 6.45) is 10.1. The maximum atomic E-state index is 3.70. The first kappa shape index (κ1) is 22.8. The van der Waals surface area contributed by atoms with Gasteiger partial charge in [-0.25, -0.2) is 0 Å². The predicted molar refractivity (Wildman–Crippen MR) is 93.6 cm³/mol. The topological polar surface area (TPSA) is 0 Å². The summed E-state index contributed by atoms with van der Waals surface area (Å²) >= 11 is 0. The van der Waals surface area contributed by atoms with Gasteiger partial charge in [0.1, 0.15) is 0 Å². The van der Waals surface area contributed by atoms with Gasteiger partial charge in [0.25, 0.3) is 0 Å². The van der Waals surface area contributed by atoms with Crippen LogP contribution in [0.1, 0.15) is 62.3 Å². The Morgan fingerprint density at radius 3 is 1.37 bits per heavy atom. The molecule has 0 nitrogen and oxygen atoms in total. The van der Waals surface area contributed by atoms with Crippen molar-refractivity contribution < 1.29 is 0 Å². The lowest BCUT2D eigenvalue weighted by molar-refractivity contribution is 1.25. The molecule has 0 fully saturated rings. The van der Waals surface area contributed by atoms with E-state index in [9.17, 15) is 0 Å². The van der Waals surface area contributed by atoms with Crippen LogP contribution in [0.2, 0.25) is 0 Å². The van der Waals surface area contributed by atoms with Crippen molar-refractivity contribution in [1.29, 1.82) is 0 Å². The molecule has 0 aromatic carbocycles. The Balaban J connectivity index is -0.000000579. The second kappa shape index (κ2) is 16.7. The first-order valence-corrected chi connectivity index (χ1v) is 7.31. The zero-order valence-corrected chi connectivity index (χ0v) is 14.6. The third-order valence-electron chi connectivity index (χ3n) is 2.10. The summed E-state index contributed by atoms with van der Waals surface area (Å²) in [7, 11) is 0. The van der Waals surface area contributed by atoms with Gasteiger partial charge in [-0.3, -0.25) is 0 Å². The second-order valence-corrected chi connectivity index (χ2v) is 3.92. The van der Waals surface area contributed by atoms with E-state index in [1.807, 2.05) is 40.7 Å². The maximum absolute atomic E-state index is 3.70. The third-order valence-corrected chi connectivity index (χ3v) is 2.10. The zero-order chi connectivity index (χ0) is 15.8. The van der Waals surface area contributed by atoms with Crippen LogP contribution in [0.4, 0.5) is 0 Å². The molecule has 0 heterocycles. The standard InChI is InChI=1S/C15H22.2C2H6/c1-7-9-11-15(13(5)6)14(10-8-2)12(3)4;2*1-2/h7-11H,1H2,2-6H3;2*1-2H3/b10-8-,11-9-;;. The summed E-state index contributed by atoms with van der Waals surface area (Å²) in [5, 5.41) is 0. The van der Waals surface area contributed by atoms with Crippen LogP contribution in [-0.4, -0.2) is 0 Å². The minimum Gasteiger partial charge on any atom is -0.0991 e.